The third-order valence-electron chi connectivity index (χ3n) is 2.86. The van der Waals surface area contributed by atoms with Crippen molar-refractivity contribution < 1.29 is 0 Å². The first-order valence-corrected chi connectivity index (χ1v) is 5.64. The van der Waals surface area contributed by atoms with Gasteiger partial charge in [0.15, 0.2) is 5.82 Å². The van der Waals surface area contributed by atoms with Crippen molar-refractivity contribution in [2.24, 2.45) is 0 Å². The summed E-state index contributed by atoms with van der Waals surface area (Å²) in [7, 11) is 0. The van der Waals surface area contributed by atoms with Gasteiger partial charge < -0.3 is 4.90 Å². The van der Waals surface area contributed by atoms with E-state index in [4.69, 9.17) is 0 Å². The van der Waals surface area contributed by atoms with Crippen LogP contribution in [0.25, 0.3) is 6.08 Å². The molecule has 1 aliphatic rings. The number of benzene rings is 1. The highest BCUT2D eigenvalue weighted by Gasteiger charge is 2.17. The van der Waals surface area contributed by atoms with Crippen LogP contribution in [-0.2, 0) is 0 Å². The topological polar surface area (TPSA) is 29.0 Å². The summed E-state index contributed by atoms with van der Waals surface area (Å²) < 4.78 is 0. The zero-order valence-electron chi connectivity index (χ0n) is 9.67. The van der Waals surface area contributed by atoms with Crippen molar-refractivity contribution in [2.45, 2.75) is 6.92 Å². The Morgan fingerprint density at radius 1 is 1.18 bits per heavy atom. The standard InChI is InChI=1S/C14H13N3/c1-11-8-12-4-2-3-5-13(12)17(10-11)14-9-15-6-7-16-14/h2-9H,10H2,1H3. The molecule has 0 unspecified atom stereocenters. The number of para-hydroxylation sites is 1. The van der Waals surface area contributed by atoms with Crippen LogP contribution in [0.3, 0.4) is 0 Å². The molecule has 0 aliphatic carbocycles. The van der Waals surface area contributed by atoms with Crippen molar-refractivity contribution in [3.8, 4) is 0 Å². The molecule has 1 aromatic heterocycles. The van der Waals surface area contributed by atoms with E-state index in [1.807, 2.05) is 0 Å². The zero-order valence-corrected chi connectivity index (χ0v) is 9.67. The maximum atomic E-state index is 4.37. The van der Waals surface area contributed by atoms with Gasteiger partial charge in [-0.3, -0.25) is 4.98 Å². The lowest BCUT2D eigenvalue weighted by molar-refractivity contribution is 0.978. The molecule has 3 rings (SSSR count). The van der Waals surface area contributed by atoms with Crippen molar-refractivity contribution in [1.29, 1.82) is 0 Å². The number of hydrogen-bond acceptors (Lipinski definition) is 3. The lowest BCUT2D eigenvalue weighted by Gasteiger charge is -2.29. The van der Waals surface area contributed by atoms with Crippen LogP contribution in [0.4, 0.5) is 11.5 Å². The fourth-order valence-electron chi connectivity index (χ4n) is 2.14. The lowest BCUT2D eigenvalue weighted by atomic mass is 10.0. The molecule has 0 atom stereocenters. The van der Waals surface area contributed by atoms with Gasteiger partial charge in [0, 0.05) is 18.9 Å². The van der Waals surface area contributed by atoms with Crippen LogP contribution in [0.5, 0.6) is 0 Å². The molecule has 0 saturated carbocycles. The maximum absolute atomic E-state index is 4.37. The van der Waals surface area contributed by atoms with E-state index in [9.17, 15) is 0 Å². The van der Waals surface area contributed by atoms with E-state index in [2.05, 4.69) is 52.1 Å². The fraction of sp³-hybridized carbons (Fsp3) is 0.143. The number of aromatic nitrogens is 2. The molecule has 0 spiro atoms. The van der Waals surface area contributed by atoms with Gasteiger partial charge in [-0.05, 0) is 18.6 Å². The molecule has 0 fully saturated rings. The van der Waals surface area contributed by atoms with Crippen LogP contribution >= 0.6 is 0 Å². The van der Waals surface area contributed by atoms with Gasteiger partial charge in [-0.1, -0.05) is 29.8 Å². The zero-order chi connectivity index (χ0) is 11.7. The molecule has 0 radical (unpaired) electrons. The highest BCUT2D eigenvalue weighted by molar-refractivity contribution is 5.77. The van der Waals surface area contributed by atoms with Crippen molar-refractivity contribution >= 4 is 17.6 Å². The lowest BCUT2D eigenvalue weighted by Crippen LogP contribution is -2.23. The molecule has 84 valence electrons. The number of fused-ring (bicyclic) bond motifs is 1. The molecule has 2 aromatic rings. The summed E-state index contributed by atoms with van der Waals surface area (Å²) in [5.74, 6) is 0.896. The molecule has 3 nitrogen and oxygen atoms in total. The predicted molar refractivity (Wildman–Crippen MR) is 69.1 cm³/mol. The maximum Gasteiger partial charge on any atom is 0.151 e. The molecule has 0 N–H and O–H groups in total. The molecule has 2 heterocycles. The Bertz CT molecular complexity index is 561. The second-order valence-electron chi connectivity index (χ2n) is 4.20. The van der Waals surface area contributed by atoms with E-state index in [0.717, 1.165) is 12.4 Å². The number of anilines is 2. The van der Waals surface area contributed by atoms with E-state index < -0.39 is 0 Å². The summed E-state index contributed by atoms with van der Waals surface area (Å²) in [6, 6.07) is 8.35. The Morgan fingerprint density at radius 2 is 2.06 bits per heavy atom. The molecule has 3 heteroatoms. The van der Waals surface area contributed by atoms with Crippen LogP contribution in [0.1, 0.15) is 12.5 Å². The molecule has 1 aromatic carbocycles. The quantitative estimate of drug-likeness (QED) is 0.744. The average molecular weight is 223 g/mol. The van der Waals surface area contributed by atoms with Crippen molar-refractivity contribution in [1.82, 2.24) is 9.97 Å². The molecule has 0 saturated heterocycles. The van der Waals surface area contributed by atoms with Crippen molar-refractivity contribution in [2.75, 3.05) is 11.4 Å². The number of nitrogens with zero attached hydrogens (tertiary/aromatic N) is 3. The van der Waals surface area contributed by atoms with E-state index >= 15 is 0 Å². The summed E-state index contributed by atoms with van der Waals surface area (Å²) >= 11 is 0. The fourth-order valence-corrected chi connectivity index (χ4v) is 2.14. The molecular formula is C14H13N3. The van der Waals surface area contributed by atoms with Crippen LogP contribution < -0.4 is 4.90 Å². The first-order valence-electron chi connectivity index (χ1n) is 5.64. The molecule has 17 heavy (non-hydrogen) atoms. The summed E-state index contributed by atoms with van der Waals surface area (Å²) in [6.45, 7) is 3.01. The molecule has 0 amide bonds. The Kier molecular flexibility index (Phi) is 2.37. The van der Waals surface area contributed by atoms with Gasteiger partial charge in [-0.25, -0.2) is 4.98 Å². The number of rotatable bonds is 1. The number of hydrogen-bond donors (Lipinski definition) is 0. The normalized spacial score (nSPS) is 14.2. The van der Waals surface area contributed by atoms with E-state index in [1.165, 1.54) is 16.8 Å². The average Bonchev–Trinajstić information content (AvgIpc) is 2.39. The summed E-state index contributed by atoms with van der Waals surface area (Å²) in [6.07, 6.45) is 7.45. The molecule has 1 aliphatic heterocycles. The second-order valence-corrected chi connectivity index (χ2v) is 4.20. The SMILES string of the molecule is CC1=Cc2ccccc2N(c2cnccn2)C1. The Balaban J connectivity index is 2.11. The van der Waals surface area contributed by atoms with Crippen molar-refractivity contribution in [3.05, 3.63) is 54.0 Å². The smallest absolute Gasteiger partial charge is 0.151 e. The second kappa shape index (κ2) is 4.01. The Morgan fingerprint density at radius 3 is 2.88 bits per heavy atom. The third kappa shape index (κ3) is 1.80. The first kappa shape index (κ1) is 10.0. The van der Waals surface area contributed by atoms with E-state index in [-0.39, 0.29) is 0 Å². The van der Waals surface area contributed by atoms with Gasteiger partial charge in [-0.2, -0.15) is 0 Å². The van der Waals surface area contributed by atoms with Crippen LogP contribution in [-0.4, -0.2) is 16.5 Å². The van der Waals surface area contributed by atoms with Gasteiger partial charge in [-0.15, -0.1) is 0 Å². The molecular weight excluding hydrogens is 210 g/mol. The minimum absolute atomic E-state index is 0.871. The van der Waals surface area contributed by atoms with Gasteiger partial charge >= 0.3 is 0 Å². The Hall–Kier alpha value is -2.16. The summed E-state index contributed by atoms with van der Waals surface area (Å²) in [5, 5.41) is 0. The highest BCUT2D eigenvalue weighted by atomic mass is 15.2. The van der Waals surface area contributed by atoms with E-state index in [1.54, 1.807) is 18.6 Å². The van der Waals surface area contributed by atoms with Crippen LogP contribution in [0, 0.1) is 0 Å². The van der Waals surface area contributed by atoms with Gasteiger partial charge in [0.05, 0.1) is 11.9 Å². The minimum atomic E-state index is 0.871. The predicted octanol–water partition coefficient (Wildman–Crippen LogP) is 3.03. The van der Waals surface area contributed by atoms with Gasteiger partial charge in [0.25, 0.3) is 0 Å². The minimum Gasteiger partial charge on any atom is -0.320 e. The molecule has 0 bridgehead atoms. The largest absolute Gasteiger partial charge is 0.320 e. The van der Waals surface area contributed by atoms with Crippen LogP contribution in [0.15, 0.2) is 48.4 Å². The summed E-state index contributed by atoms with van der Waals surface area (Å²) in [5.41, 5.74) is 3.76. The van der Waals surface area contributed by atoms with Crippen LogP contribution in [0.2, 0.25) is 0 Å². The van der Waals surface area contributed by atoms with Crippen molar-refractivity contribution in [3.63, 3.8) is 0 Å². The third-order valence-corrected chi connectivity index (χ3v) is 2.86. The van der Waals surface area contributed by atoms with E-state index in [0.29, 0.717) is 0 Å². The van der Waals surface area contributed by atoms with Gasteiger partial charge in [0.2, 0.25) is 0 Å². The first-order chi connectivity index (χ1) is 8.34. The monoisotopic (exact) mass is 223 g/mol. The van der Waals surface area contributed by atoms with Gasteiger partial charge in [0.1, 0.15) is 0 Å². The Labute approximate surface area is 100 Å². The highest BCUT2D eigenvalue weighted by Crippen LogP contribution is 2.32. The summed E-state index contributed by atoms with van der Waals surface area (Å²) in [4.78, 5) is 10.7.